The van der Waals surface area contributed by atoms with E-state index in [0.29, 0.717) is 5.11 Å². The highest BCUT2D eigenvalue weighted by Crippen LogP contribution is 2.16. The van der Waals surface area contributed by atoms with Crippen LogP contribution in [0.1, 0.15) is 36.7 Å². The first-order valence-corrected chi connectivity index (χ1v) is 6.03. The highest BCUT2D eigenvalue weighted by Gasteiger charge is 2.12. The Labute approximate surface area is 112 Å². The van der Waals surface area contributed by atoms with Crippen molar-refractivity contribution in [2.24, 2.45) is 0 Å². The normalized spacial score (nSPS) is 10.9. The molecule has 98 valence electrons. The summed E-state index contributed by atoms with van der Waals surface area (Å²) in [5, 5.41) is 15.6. The van der Waals surface area contributed by atoms with Crippen LogP contribution in [0.2, 0.25) is 0 Å². The molecule has 1 aromatic rings. The SMILES string of the molecule is Cc1cc(C(=O)O)ccc1NC(=S)NC(C)(C)C. The van der Waals surface area contributed by atoms with Crippen LogP contribution in [0, 0.1) is 6.92 Å². The van der Waals surface area contributed by atoms with Gasteiger partial charge in [-0.3, -0.25) is 0 Å². The lowest BCUT2D eigenvalue weighted by Gasteiger charge is -2.23. The number of anilines is 1. The molecule has 5 heteroatoms. The Morgan fingerprint density at radius 3 is 2.39 bits per heavy atom. The summed E-state index contributed by atoms with van der Waals surface area (Å²) in [6.45, 7) is 7.89. The minimum atomic E-state index is -0.931. The van der Waals surface area contributed by atoms with Crippen molar-refractivity contribution < 1.29 is 9.90 Å². The highest BCUT2D eigenvalue weighted by atomic mass is 32.1. The molecule has 0 saturated heterocycles. The van der Waals surface area contributed by atoms with Gasteiger partial charge in [0.05, 0.1) is 5.56 Å². The first kappa shape index (κ1) is 14.4. The summed E-state index contributed by atoms with van der Waals surface area (Å²) in [6.07, 6.45) is 0. The standard InChI is InChI=1S/C13H18N2O2S/c1-8-7-9(11(16)17)5-6-10(8)14-12(18)15-13(2,3)4/h5-7H,1-4H3,(H,16,17)(H2,14,15,18). The Bertz CT molecular complexity index is 478. The summed E-state index contributed by atoms with van der Waals surface area (Å²) in [4.78, 5) is 10.8. The van der Waals surface area contributed by atoms with E-state index in [1.54, 1.807) is 18.2 Å². The Kier molecular flexibility index (Phi) is 4.29. The van der Waals surface area contributed by atoms with Crippen LogP contribution in [0.4, 0.5) is 5.69 Å². The number of thiocarbonyl (C=S) groups is 1. The molecule has 0 aromatic heterocycles. The zero-order chi connectivity index (χ0) is 13.9. The lowest BCUT2D eigenvalue weighted by molar-refractivity contribution is 0.0697. The van der Waals surface area contributed by atoms with Crippen LogP contribution in [-0.2, 0) is 0 Å². The minimum absolute atomic E-state index is 0.112. The molecule has 1 rings (SSSR count). The fourth-order valence-electron chi connectivity index (χ4n) is 1.43. The molecule has 0 aliphatic heterocycles. The van der Waals surface area contributed by atoms with Gasteiger partial charge in [0, 0.05) is 11.2 Å². The second kappa shape index (κ2) is 5.35. The third-order valence-electron chi connectivity index (χ3n) is 2.21. The van der Waals surface area contributed by atoms with Crippen molar-refractivity contribution in [1.82, 2.24) is 5.32 Å². The molecule has 0 fully saturated rings. The number of rotatable bonds is 2. The predicted octanol–water partition coefficient (Wildman–Crippen LogP) is 2.78. The molecule has 0 aliphatic carbocycles. The van der Waals surface area contributed by atoms with Gasteiger partial charge in [-0.15, -0.1) is 0 Å². The van der Waals surface area contributed by atoms with Gasteiger partial charge >= 0.3 is 5.97 Å². The number of aryl methyl sites for hydroxylation is 1. The van der Waals surface area contributed by atoms with E-state index in [2.05, 4.69) is 10.6 Å². The maximum absolute atomic E-state index is 10.8. The number of carboxylic acids is 1. The van der Waals surface area contributed by atoms with Crippen LogP contribution >= 0.6 is 12.2 Å². The molecule has 0 spiro atoms. The molecule has 0 amide bonds. The largest absolute Gasteiger partial charge is 0.478 e. The number of carboxylic acid groups (broad SMARTS) is 1. The molecule has 18 heavy (non-hydrogen) atoms. The first-order chi connectivity index (χ1) is 8.19. The summed E-state index contributed by atoms with van der Waals surface area (Å²) in [7, 11) is 0. The van der Waals surface area contributed by atoms with Gasteiger partial charge < -0.3 is 15.7 Å². The Balaban J connectivity index is 2.80. The Hall–Kier alpha value is -1.62. The summed E-state index contributed by atoms with van der Waals surface area (Å²) in [6, 6.07) is 4.89. The lowest BCUT2D eigenvalue weighted by atomic mass is 10.1. The Morgan fingerprint density at radius 1 is 1.33 bits per heavy atom. The number of hydrogen-bond donors (Lipinski definition) is 3. The van der Waals surface area contributed by atoms with Crippen molar-refractivity contribution in [2.45, 2.75) is 33.2 Å². The van der Waals surface area contributed by atoms with E-state index in [1.807, 2.05) is 27.7 Å². The van der Waals surface area contributed by atoms with Gasteiger partial charge in [0.25, 0.3) is 0 Å². The van der Waals surface area contributed by atoms with E-state index in [-0.39, 0.29) is 11.1 Å². The number of hydrogen-bond acceptors (Lipinski definition) is 2. The molecule has 4 nitrogen and oxygen atoms in total. The summed E-state index contributed by atoms with van der Waals surface area (Å²) < 4.78 is 0. The number of aromatic carboxylic acids is 1. The molecule has 0 radical (unpaired) electrons. The molecular formula is C13H18N2O2S. The first-order valence-electron chi connectivity index (χ1n) is 5.62. The third kappa shape index (κ3) is 4.33. The van der Waals surface area contributed by atoms with Gasteiger partial charge in [-0.1, -0.05) is 0 Å². The van der Waals surface area contributed by atoms with E-state index < -0.39 is 5.97 Å². The van der Waals surface area contributed by atoms with Crippen molar-refractivity contribution in [3.63, 3.8) is 0 Å². The molecule has 0 heterocycles. The predicted molar refractivity (Wildman–Crippen MR) is 77.2 cm³/mol. The van der Waals surface area contributed by atoms with E-state index in [0.717, 1.165) is 11.3 Å². The van der Waals surface area contributed by atoms with Crippen molar-refractivity contribution >= 4 is 29.0 Å². The van der Waals surface area contributed by atoms with E-state index in [9.17, 15) is 4.79 Å². The maximum atomic E-state index is 10.8. The zero-order valence-electron chi connectivity index (χ0n) is 11.0. The van der Waals surface area contributed by atoms with Gasteiger partial charge in [-0.2, -0.15) is 0 Å². The summed E-state index contributed by atoms with van der Waals surface area (Å²) in [5.74, 6) is -0.931. The zero-order valence-corrected chi connectivity index (χ0v) is 11.8. The third-order valence-corrected chi connectivity index (χ3v) is 2.41. The minimum Gasteiger partial charge on any atom is -0.478 e. The Morgan fingerprint density at radius 2 is 1.94 bits per heavy atom. The molecule has 0 saturated carbocycles. The van der Waals surface area contributed by atoms with Gasteiger partial charge in [0.2, 0.25) is 0 Å². The van der Waals surface area contributed by atoms with Gasteiger partial charge in [0.15, 0.2) is 5.11 Å². The highest BCUT2D eigenvalue weighted by molar-refractivity contribution is 7.80. The number of nitrogens with one attached hydrogen (secondary N) is 2. The fraction of sp³-hybridized carbons (Fsp3) is 0.385. The molecule has 3 N–H and O–H groups in total. The second-order valence-electron chi connectivity index (χ2n) is 5.16. The van der Waals surface area contributed by atoms with Crippen LogP contribution in [0.3, 0.4) is 0 Å². The monoisotopic (exact) mass is 266 g/mol. The van der Waals surface area contributed by atoms with Crippen LogP contribution in [-0.4, -0.2) is 21.7 Å². The smallest absolute Gasteiger partial charge is 0.335 e. The van der Waals surface area contributed by atoms with Crippen molar-refractivity contribution in [2.75, 3.05) is 5.32 Å². The molecular weight excluding hydrogens is 248 g/mol. The lowest BCUT2D eigenvalue weighted by Crippen LogP contribution is -2.43. The van der Waals surface area contributed by atoms with Gasteiger partial charge in [-0.05, 0) is 63.7 Å². The molecule has 0 aliphatic rings. The molecule has 0 atom stereocenters. The molecule has 1 aromatic carbocycles. The van der Waals surface area contributed by atoms with E-state index in [1.165, 1.54) is 0 Å². The number of benzene rings is 1. The molecule has 0 bridgehead atoms. The average Bonchev–Trinajstić information content (AvgIpc) is 2.17. The summed E-state index contributed by atoms with van der Waals surface area (Å²) >= 11 is 5.19. The van der Waals surface area contributed by atoms with Crippen molar-refractivity contribution in [3.8, 4) is 0 Å². The van der Waals surface area contributed by atoms with Crippen LogP contribution in [0.5, 0.6) is 0 Å². The van der Waals surface area contributed by atoms with Gasteiger partial charge in [0.1, 0.15) is 0 Å². The van der Waals surface area contributed by atoms with Crippen LogP contribution < -0.4 is 10.6 Å². The van der Waals surface area contributed by atoms with Crippen molar-refractivity contribution in [3.05, 3.63) is 29.3 Å². The van der Waals surface area contributed by atoms with E-state index >= 15 is 0 Å². The van der Waals surface area contributed by atoms with E-state index in [4.69, 9.17) is 17.3 Å². The average molecular weight is 266 g/mol. The topological polar surface area (TPSA) is 61.4 Å². The van der Waals surface area contributed by atoms with Gasteiger partial charge in [-0.25, -0.2) is 4.79 Å². The number of carbonyl (C=O) groups is 1. The quantitative estimate of drug-likeness (QED) is 0.719. The van der Waals surface area contributed by atoms with Crippen LogP contribution in [0.25, 0.3) is 0 Å². The van der Waals surface area contributed by atoms with Crippen LogP contribution in [0.15, 0.2) is 18.2 Å². The summed E-state index contributed by atoms with van der Waals surface area (Å²) in [5.41, 5.74) is 1.81. The molecule has 0 unspecified atom stereocenters. The van der Waals surface area contributed by atoms with Crippen molar-refractivity contribution in [1.29, 1.82) is 0 Å². The second-order valence-corrected chi connectivity index (χ2v) is 5.57. The fourth-order valence-corrected chi connectivity index (χ4v) is 1.85. The maximum Gasteiger partial charge on any atom is 0.335 e.